The predicted molar refractivity (Wildman–Crippen MR) is 133 cm³/mol. The lowest BCUT2D eigenvalue weighted by Crippen LogP contribution is -2.43. The van der Waals surface area contributed by atoms with Gasteiger partial charge in [-0.15, -0.1) is 0 Å². The molecule has 1 atom stereocenters. The molecular weight excluding hydrogens is 426 g/mol. The fourth-order valence-electron chi connectivity index (χ4n) is 5.35. The highest BCUT2D eigenvalue weighted by atomic mass is 16.7. The summed E-state index contributed by atoms with van der Waals surface area (Å²) >= 11 is 0. The molecule has 34 heavy (non-hydrogen) atoms. The minimum atomic E-state index is -0.893. The first-order valence-corrected chi connectivity index (χ1v) is 12.0. The summed E-state index contributed by atoms with van der Waals surface area (Å²) < 4.78 is 17.4. The Hall–Kier alpha value is -3.73. The van der Waals surface area contributed by atoms with Crippen molar-refractivity contribution in [2.45, 2.75) is 31.6 Å². The minimum absolute atomic E-state index is 0.0804. The molecule has 3 aliphatic rings. The number of hydrogen-bond donors (Lipinski definition) is 0. The predicted octanol–water partition coefficient (Wildman–Crippen LogP) is 5.80. The second kappa shape index (κ2) is 8.24. The molecule has 0 aliphatic carbocycles. The highest BCUT2D eigenvalue weighted by molar-refractivity contribution is 6.12. The Labute approximate surface area is 199 Å². The average Bonchev–Trinajstić information content (AvgIpc) is 3.54. The number of ether oxygens (including phenoxy) is 3. The number of fused-ring (bicyclic) bond motifs is 5. The van der Waals surface area contributed by atoms with E-state index in [1.165, 1.54) is 0 Å². The molecule has 1 amide bonds. The van der Waals surface area contributed by atoms with Crippen molar-refractivity contribution in [3.63, 3.8) is 0 Å². The molecule has 5 nitrogen and oxygen atoms in total. The summed E-state index contributed by atoms with van der Waals surface area (Å²) in [5.41, 5.74) is 4.11. The van der Waals surface area contributed by atoms with E-state index >= 15 is 0 Å². The largest absolute Gasteiger partial charge is 0.491 e. The van der Waals surface area contributed by atoms with Gasteiger partial charge in [-0.3, -0.25) is 4.79 Å². The van der Waals surface area contributed by atoms with E-state index in [2.05, 4.69) is 43.3 Å². The molecule has 3 heterocycles. The van der Waals surface area contributed by atoms with Crippen LogP contribution >= 0.6 is 0 Å². The molecule has 1 unspecified atom stereocenters. The van der Waals surface area contributed by atoms with E-state index in [-0.39, 0.29) is 19.3 Å². The van der Waals surface area contributed by atoms with Crippen LogP contribution in [-0.4, -0.2) is 25.9 Å². The average molecular weight is 454 g/mol. The zero-order valence-corrected chi connectivity index (χ0v) is 19.3. The molecule has 3 aromatic carbocycles. The summed E-state index contributed by atoms with van der Waals surface area (Å²) in [6.45, 7) is 3.34. The maximum Gasteiger partial charge on any atom is 0.245 e. The van der Waals surface area contributed by atoms with Crippen LogP contribution in [-0.2, 0) is 10.2 Å². The number of rotatable bonds is 6. The van der Waals surface area contributed by atoms with Gasteiger partial charge in [-0.2, -0.15) is 0 Å². The van der Waals surface area contributed by atoms with Gasteiger partial charge in [0.05, 0.1) is 0 Å². The number of nitrogens with zero attached hydrogens (tertiary/aromatic N) is 1. The molecule has 3 aromatic rings. The van der Waals surface area contributed by atoms with Gasteiger partial charge < -0.3 is 19.1 Å². The van der Waals surface area contributed by atoms with Crippen molar-refractivity contribution in [2.24, 2.45) is 0 Å². The molecule has 0 bridgehead atoms. The maximum atomic E-state index is 14.2. The topological polar surface area (TPSA) is 48.0 Å². The molecule has 0 saturated heterocycles. The second-order valence-corrected chi connectivity index (χ2v) is 9.04. The van der Waals surface area contributed by atoms with Gasteiger partial charge in [0.25, 0.3) is 0 Å². The van der Waals surface area contributed by atoms with Gasteiger partial charge in [0.15, 0.2) is 11.5 Å². The molecule has 6 rings (SSSR count). The van der Waals surface area contributed by atoms with E-state index in [1.54, 1.807) is 0 Å². The van der Waals surface area contributed by atoms with Gasteiger partial charge >= 0.3 is 0 Å². The number of benzene rings is 3. The monoisotopic (exact) mass is 453 g/mol. The number of hydrogen-bond acceptors (Lipinski definition) is 4. The third kappa shape index (κ3) is 3.11. The van der Waals surface area contributed by atoms with E-state index in [1.807, 2.05) is 41.3 Å². The van der Waals surface area contributed by atoms with Gasteiger partial charge in [-0.1, -0.05) is 74.4 Å². The molecule has 0 N–H and O–H groups in total. The van der Waals surface area contributed by atoms with Crippen molar-refractivity contribution in [2.75, 3.05) is 24.8 Å². The van der Waals surface area contributed by atoms with Crippen LogP contribution in [0.2, 0.25) is 0 Å². The lowest BCUT2D eigenvalue weighted by atomic mass is 9.75. The second-order valence-electron chi connectivity index (χ2n) is 9.04. The van der Waals surface area contributed by atoms with E-state index in [4.69, 9.17) is 14.2 Å². The highest BCUT2D eigenvalue weighted by Crippen LogP contribution is 2.56. The number of carbonyl (C=O) groups is 1. The Kier molecular flexibility index (Phi) is 5.05. The standard InChI is InChI=1S/C29H27NO4/c1-2-3-7-15-30-23-12-8-11-21(14-13-20-9-5-4-6-10-20)27(23)29(28(30)31)18-32-24-17-26-25(16-22(24)29)33-19-34-26/h4-6,8-14,16-17H,2-3,7,15,18-19H2,1H3/b14-13+. The zero-order chi connectivity index (χ0) is 23.1. The first-order valence-electron chi connectivity index (χ1n) is 12.0. The molecule has 1 spiro atoms. The van der Waals surface area contributed by atoms with Crippen molar-refractivity contribution in [1.29, 1.82) is 0 Å². The summed E-state index contributed by atoms with van der Waals surface area (Å²) in [4.78, 5) is 16.2. The molecule has 0 radical (unpaired) electrons. The van der Waals surface area contributed by atoms with Gasteiger partial charge in [0.1, 0.15) is 17.8 Å². The van der Waals surface area contributed by atoms with Crippen LogP contribution in [0, 0.1) is 0 Å². The summed E-state index contributed by atoms with van der Waals surface area (Å²) in [6.07, 6.45) is 7.38. The molecule has 172 valence electrons. The van der Waals surface area contributed by atoms with Crippen molar-refractivity contribution >= 4 is 23.7 Å². The Morgan fingerprint density at radius 1 is 0.912 bits per heavy atom. The molecule has 3 aliphatic heterocycles. The Morgan fingerprint density at radius 2 is 1.74 bits per heavy atom. The number of anilines is 1. The lowest BCUT2D eigenvalue weighted by Gasteiger charge is -2.24. The summed E-state index contributed by atoms with van der Waals surface area (Å²) in [5.74, 6) is 2.11. The molecular formula is C29H27NO4. The fourth-order valence-corrected chi connectivity index (χ4v) is 5.35. The maximum absolute atomic E-state index is 14.2. The van der Waals surface area contributed by atoms with Gasteiger partial charge in [0.2, 0.25) is 12.7 Å². The molecule has 0 aromatic heterocycles. The van der Waals surface area contributed by atoms with Crippen molar-refractivity contribution in [3.05, 3.63) is 82.9 Å². The van der Waals surface area contributed by atoms with Crippen molar-refractivity contribution in [1.82, 2.24) is 0 Å². The normalized spacial score (nSPS) is 19.7. The van der Waals surface area contributed by atoms with E-state index in [0.717, 1.165) is 47.2 Å². The van der Waals surface area contributed by atoms with Crippen LogP contribution in [0.5, 0.6) is 17.2 Å². The third-order valence-electron chi connectivity index (χ3n) is 7.02. The number of carbonyl (C=O) groups excluding carboxylic acids is 1. The summed E-state index contributed by atoms with van der Waals surface area (Å²) in [6, 6.07) is 20.2. The van der Waals surface area contributed by atoms with Crippen molar-refractivity contribution in [3.8, 4) is 17.2 Å². The molecule has 5 heteroatoms. The number of amides is 1. The first-order chi connectivity index (χ1) is 16.7. The lowest BCUT2D eigenvalue weighted by molar-refractivity contribution is -0.122. The van der Waals surface area contributed by atoms with Crippen LogP contribution in [0.3, 0.4) is 0 Å². The highest BCUT2D eigenvalue weighted by Gasteiger charge is 2.58. The van der Waals surface area contributed by atoms with Crippen LogP contribution in [0.1, 0.15) is 48.4 Å². The summed E-state index contributed by atoms with van der Waals surface area (Å²) in [5, 5.41) is 0. The van der Waals surface area contributed by atoms with Gasteiger partial charge in [-0.05, 0) is 29.7 Å². The SMILES string of the molecule is CCCCCN1C(=O)C2(COc3cc4c(cc32)OCO4)c2c(/C=C/c3ccccc3)cccc21. The minimum Gasteiger partial charge on any atom is -0.491 e. The van der Waals surface area contributed by atoms with E-state index < -0.39 is 5.41 Å². The van der Waals surface area contributed by atoms with Crippen LogP contribution < -0.4 is 19.1 Å². The van der Waals surface area contributed by atoms with Gasteiger partial charge in [0, 0.05) is 29.4 Å². The third-order valence-corrected chi connectivity index (χ3v) is 7.02. The van der Waals surface area contributed by atoms with Crippen LogP contribution in [0.25, 0.3) is 12.2 Å². The first kappa shape index (κ1) is 20.8. The molecule has 0 saturated carbocycles. The van der Waals surface area contributed by atoms with Crippen molar-refractivity contribution < 1.29 is 19.0 Å². The Bertz CT molecular complexity index is 1280. The zero-order valence-electron chi connectivity index (χ0n) is 19.3. The Balaban J connectivity index is 1.51. The Morgan fingerprint density at radius 3 is 2.56 bits per heavy atom. The van der Waals surface area contributed by atoms with Gasteiger partial charge in [-0.25, -0.2) is 0 Å². The summed E-state index contributed by atoms with van der Waals surface area (Å²) in [7, 11) is 0. The molecule has 0 fully saturated rings. The number of unbranched alkanes of at least 4 members (excludes halogenated alkanes) is 2. The van der Waals surface area contributed by atoms with E-state index in [0.29, 0.717) is 23.8 Å². The van der Waals surface area contributed by atoms with E-state index in [9.17, 15) is 4.79 Å². The quantitative estimate of drug-likeness (QED) is 0.350. The van der Waals surface area contributed by atoms with Crippen LogP contribution in [0.15, 0.2) is 60.7 Å². The fraction of sp³-hybridized carbons (Fsp3) is 0.276. The smallest absolute Gasteiger partial charge is 0.245 e. The van der Waals surface area contributed by atoms with Crippen LogP contribution in [0.4, 0.5) is 5.69 Å².